The monoisotopic (exact) mass is 269 g/mol. The Hall–Kier alpha value is -2.29. The third-order valence-corrected chi connectivity index (χ3v) is 3.28. The first-order valence-electron chi connectivity index (χ1n) is 6.47. The van der Waals surface area contributed by atoms with Gasteiger partial charge in [-0.05, 0) is 49.2 Å². The molecular formula is C17H19NO2. The molecule has 0 fully saturated rings. The van der Waals surface area contributed by atoms with Gasteiger partial charge in [-0.15, -0.1) is 0 Å². The summed E-state index contributed by atoms with van der Waals surface area (Å²) < 4.78 is 10.5. The summed E-state index contributed by atoms with van der Waals surface area (Å²) in [5, 5.41) is 0. The van der Waals surface area contributed by atoms with Crippen molar-refractivity contribution >= 4 is 11.9 Å². The summed E-state index contributed by atoms with van der Waals surface area (Å²) in [6.45, 7) is 4.18. The molecule has 0 atom stereocenters. The highest BCUT2D eigenvalue weighted by Crippen LogP contribution is 2.24. The SMILES string of the molecule is COc1ccc(C=Nc2ccc(C)c(C)c2)c(OC)c1. The molecule has 0 heterocycles. The summed E-state index contributed by atoms with van der Waals surface area (Å²) in [7, 11) is 3.28. The molecule has 0 aliphatic heterocycles. The quantitative estimate of drug-likeness (QED) is 0.783. The van der Waals surface area contributed by atoms with Crippen LogP contribution in [0.4, 0.5) is 5.69 Å². The summed E-state index contributed by atoms with van der Waals surface area (Å²) in [5.41, 5.74) is 4.37. The van der Waals surface area contributed by atoms with E-state index in [2.05, 4.69) is 31.0 Å². The van der Waals surface area contributed by atoms with E-state index in [9.17, 15) is 0 Å². The molecule has 0 radical (unpaired) electrons. The Morgan fingerprint density at radius 3 is 2.35 bits per heavy atom. The standard InChI is InChI=1S/C17H19NO2/c1-12-5-7-15(9-13(12)2)18-11-14-6-8-16(19-3)10-17(14)20-4/h5-11H,1-4H3. The number of rotatable bonds is 4. The van der Waals surface area contributed by atoms with Crippen molar-refractivity contribution < 1.29 is 9.47 Å². The topological polar surface area (TPSA) is 30.8 Å². The molecule has 2 aromatic carbocycles. The molecule has 0 N–H and O–H groups in total. The molecule has 0 unspecified atom stereocenters. The zero-order chi connectivity index (χ0) is 14.5. The number of hydrogen-bond donors (Lipinski definition) is 0. The fraction of sp³-hybridized carbons (Fsp3) is 0.235. The maximum Gasteiger partial charge on any atom is 0.131 e. The lowest BCUT2D eigenvalue weighted by atomic mass is 10.1. The van der Waals surface area contributed by atoms with E-state index in [0.717, 1.165) is 22.7 Å². The minimum absolute atomic E-state index is 0.747. The maximum absolute atomic E-state index is 5.35. The van der Waals surface area contributed by atoms with E-state index in [1.165, 1.54) is 11.1 Å². The molecule has 104 valence electrons. The highest BCUT2D eigenvalue weighted by molar-refractivity contribution is 5.85. The van der Waals surface area contributed by atoms with E-state index in [1.807, 2.05) is 30.5 Å². The predicted octanol–water partition coefficient (Wildman–Crippen LogP) is 4.07. The van der Waals surface area contributed by atoms with Crippen molar-refractivity contribution in [1.29, 1.82) is 0 Å². The average molecular weight is 269 g/mol. The van der Waals surface area contributed by atoms with E-state index in [1.54, 1.807) is 14.2 Å². The fourth-order valence-corrected chi connectivity index (χ4v) is 1.88. The second kappa shape index (κ2) is 6.24. The van der Waals surface area contributed by atoms with Crippen molar-refractivity contribution in [3.63, 3.8) is 0 Å². The summed E-state index contributed by atoms with van der Waals surface area (Å²) in [5.74, 6) is 1.52. The van der Waals surface area contributed by atoms with Gasteiger partial charge in [-0.3, -0.25) is 4.99 Å². The molecule has 2 rings (SSSR count). The second-order valence-electron chi connectivity index (χ2n) is 4.63. The molecule has 0 spiro atoms. The zero-order valence-corrected chi connectivity index (χ0v) is 12.3. The van der Waals surface area contributed by atoms with Crippen molar-refractivity contribution in [2.75, 3.05) is 14.2 Å². The van der Waals surface area contributed by atoms with Crippen molar-refractivity contribution in [3.8, 4) is 11.5 Å². The van der Waals surface area contributed by atoms with Gasteiger partial charge in [-0.2, -0.15) is 0 Å². The third-order valence-electron chi connectivity index (χ3n) is 3.28. The molecule has 0 amide bonds. The Labute approximate surface area is 119 Å². The molecule has 0 aromatic heterocycles. The van der Waals surface area contributed by atoms with Crippen LogP contribution in [0, 0.1) is 13.8 Å². The maximum atomic E-state index is 5.35. The van der Waals surface area contributed by atoms with Crippen molar-refractivity contribution in [2.24, 2.45) is 4.99 Å². The third kappa shape index (κ3) is 3.18. The smallest absolute Gasteiger partial charge is 0.131 e. The fourth-order valence-electron chi connectivity index (χ4n) is 1.88. The van der Waals surface area contributed by atoms with Crippen LogP contribution in [0.3, 0.4) is 0 Å². The molecule has 0 saturated heterocycles. The van der Waals surface area contributed by atoms with Crippen LogP contribution in [0.2, 0.25) is 0 Å². The lowest BCUT2D eigenvalue weighted by Gasteiger charge is -2.07. The highest BCUT2D eigenvalue weighted by Gasteiger charge is 2.02. The van der Waals surface area contributed by atoms with Crippen molar-refractivity contribution in [1.82, 2.24) is 0 Å². The van der Waals surface area contributed by atoms with Gasteiger partial charge in [0.15, 0.2) is 0 Å². The van der Waals surface area contributed by atoms with Crippen LogP contribution in [-0.4, -0.2) is 20.4 Å². The van der Waals surface area contributed by atoms with Crippen molar-refractivity contribution in [2.45, 2.75) is 13.8 Å². The lowest BCUT2D eigenvalue weighted by Crippen LogP contribution is -1.92. The molecule has 3 heteroatoms. The zero-order valence-electron chi connectivity index (χ0n) is 12.3. The lowest BCUT2D eigenvalue weighted by molar-refractivity contribution is 0.394. The first-order valence-corrected chi connectivity index (χ1v) is 6.47. The van der Waals surface area contributed by atoms with Gasteiger partial charge < -0.3 is 9.47 Å². The number of aryl methyl sites for hydroxylation is 2. The Morgan fingerprint density at radius 1 is 0.900 bits per heavy atom. The van der Waals surface area contributed by atoms with E-state index in [4.69, 9.17) is 9.47 Å². The molecular weight excluding hydrogens is 250 g/mol. The van der Waals surface area contributed by atoms with E-state index < -0.39 is 0 Å². The van der Waals surface area contributed by atoms with Crippen LogP contribution in [0.5, 0.6) is 11.5 Å². The van der Waals surface area contributed by atoms with Gasteiger partial charge in [0.1, 0.15) is 11.5 Å². The Morgan fingerprint density at radius 2 is 1.70 bits per heavy atom. The van der Waals surface area contributed by atoms with Gasteiger partial charge in [-0.1, -0.05) is 6.07 Å². The molecule has 0 bridgehead atoms. The van der Waals surface area contributed by atoms with Gasteiger partial charge in [0.2, 0.25) is 0 Å². The van der Waals surface area contributed by atoms with E-state index >= 15 is 0 Å². The predicted molar refractivity (Wildman–Crippen MR) is 82.7 cm³/mol. The first-order chi connectivity index (χ1) is 9.63. The second-order valence-corrected chi connectivity index (χ2v) is 4.63. The summed E-state index contributed by atoms with van der Waals surface area (Å²) >= 11 is 0. The van der Waals surface area contributed by atoms with E-state index in [0.29, 0.717) is 0 Å². The number of nitrogens with zero attached hydrogens (tertiary/aromatic N) is 1. The van der Waals surface area contributed by atoms with Gasteiger partial charge in [0.25, 0.3) is 0 Å². The largest absolute Gasteiger partial charge is 0.497 e. The summed E-state index contributed by atoms with van der Waals surface area (Å²) in [4.78, 5) is 4.50. The number of methoxy groups -OCH3 is 2. The van der Waals surface area contributed by atoms with E-state index in [-0.39, 0.29) is 0 Å². The minimum atomic E-state index is 0.747. The van der Waals surface area contributed by atoms with Gasteiger partial charge in [-0.25, -0.2) is 0 Å². The van der Waals surface area contributed by atoms with Gasteiger partial charge >= 0.3 is 0 Å². The summed E-state index contributed by atoms with van der Waals surface area (Å²) in [6.07, 6.45) is 1.81. The Kier molecular flexibility index (Phi) is 4.41. The molecule has 0 aliphatic rings. The molecule has 3 nitrogen and oxygen atoms in total. The average Bonchev–Trinajstić information content (AvgIpc) is 2.48. The Bertz CT molecular complexity index is 633. The number of benzene rings is 2. The van der Waals surface area contributed by atoms with Crippen LogP contribution in [0.25, 0.3) is 0 Å². The molecule has 20 heavy (non-hydrogen) atoms. The molecule has 0 aliphatic carbocycles. The summed E-state index contributed by atoms with van der Waals surface area (Å²) in [6, 6.07) is 11.8. The van der Waals surface area contributed by atoms with Crippen molar-refractivity contribution in [3.05, 3.63) is 53.1 Å². The van der Waals surface area contributed by atoms with Crippen LogP contribution in [-0.2, 0) is 0 Å². The van der Waals surface area contributed by atoms with Crippen LogP contribution < -0.4 is 9.47 Å². The minimum Gasteiger partial charge on any atom is -0.497 e. The number of aliphatic imine (C=N–C) groups is 1. The van der Waals surface area contributed by atoms with Crippen LogP contribution >= 0.6 is 0 Å². The van der Waals surface area contributed by atoms with Crippen LogP contribution in [0.1, 0.15) is 16.7 Å². The van der Waals surface area contributed by atoms with Gasteiger partial charge in [0, 0.05) is 17.8 Å². The highest BCUT2D eigenvalue weighted by atomic mass is 16.5. The van der Waals surface area contributed by atoms with Gasteiger partial charge in [0.05, 0.1) is 19.9 Å². The molecule has 2 aromatic rings. The number of ether oxygens (including phenoxy) is 2. The first kappa shape index (κ1) is 14.1. The Balaban J connectivity index is 2.28. The normalized spacial score (nSPS) is 10.8. The molecule has 0 saturated carbocycles. The number of hydrogen-bond acceptors (Lipinski definition) is 3. The van der Waals surface area contributed by atoms with Crippen LogP contribution in [0.15, 0.2) is 41.4 Å².